The molecule has 92 valence electrons. The van der Waals surface area contributed by atoms with Gasteiger partial charge in [-0.15, -0.1) is 0 Å². The van der Waals surface area contributed by atoms with Gasteiger partial charge in [-0.3, -0.25) is 0 Å². The van der Waals surface area contributed by atoms with Crippen molar-refractivity contribution in [2.24, 2.45) is 0 Å². The predicted octanol–water partition coefficient (Wildman–Crippen LogP) is 4.73. The van der Waals surface area contributed by atoms with Gasteiger partial charge in [0.05, 0.1) is 8.07 Å². The van der Waals surface area contributed by atoms with Gasteiger partial charge in [-0.25, -0.2) is 0 Å². The van der Waals surface area contributed by atoms with Crippen molar-refractivity contribution in [2.45, 2.75) is 19.1 Å². The van der Waals surface area contributed by atoms with Gasteiger partial charge in [-0.2, -0.15) is 0 Å². The monoisotopic (exact) mass is 252 g/mol. The molecular formula is C17H20Si. The maximum Gasteiger partial charge on any atom is 0.0760 e. The molecule has 0 saturated heterocycles. The van der Waals surface area contributed by atoms with Crippen LogP contribution in [0.5, 0.6) is 0 Å². The van der Waals surface area contributed by atoms with E-state index in [1.807, 2.05) is 0 Å². The van der Waals surface area contributed by atoms with Crippen molar-refractivity contribution in [3.05, 3.63) is 77.5 Å². The molecule has 0 bridgehead atoms. The van der Waals surface area contributed by atoms with E-state index in [1.54, 1.807) is 0 Å². The van der Waals surface area contributed by atoms with E-state index < -0.39 is 8.07 Å². The van der Waals surface area contributed by atoms with Crippen molar-refractivity contribution in [1.29, 1.82) is 0 Å². The lowest BCUT2D eigenvalue weighted by Gasteiger charge is -2.17. The van der Waals surface area contributed by atoms with Crippen molar-refractivity contribution >= 4 is 14.1 Å². The van der Waals surface area contributed by atoms with Crippen LogP contribution in [0, 0.1) is 0 Å². The van der Waals surface area contributed by atoms with E-state index in [9.17, 15) is 0 Å². The minimum Gasteiger partial charge on any atom is -0.0938 e. The Labute approximate surface area is 111 Å². The van der Waals surface area contributed by atoms with E-state index in [0.717, 1.165) is 0 Å². The minimum absolute atomic E-state index is 1.21. The molecular weight excluding hydrogens is 232 g/mol. The van der Waals surface area contributed by atoms with Gasteiger partial charge >= 0.3 is 0 Å². The molecule has 0 heterocycles. The summed E-state index contributed by atoms with van der Waals surface area (Å²) in [4.78, 5) is 0. The van der Waals surface area contributed by atoms with Crippen LogP contribution in [0.25, 0.3) is 6.08 Å². The second-order valence-corrected chi connectivity index (χ2v) is 10.1. The van der Waals surface area contributed by atoms with Crippen LogP contribution in [-0.2, 0) is 6.04 Å². The summed E-state index contributed by atoms with van der Waals surface area (Å²) in [6, 6.07) is 22.5. The molecule has 2 rings (SSSR count). The quantitative estimate of drug-likeness (QED) is 0.690. The third kappa shape index (κ3) is 4.01. The first-order valence-electron chi connectivity index (χ1n) is 6.44. The Bertz CT molecular complexity index is 498. The molecule has 0 aliphatic carbocycles. The van der Waals surface area contributed by atoms with Crippen LogP contribution >= 0.6 is 0 Å². The molecule has 0 unspecified atom stereocenters. The van der Waals surface area contributed by atoms with Crippen molar-refractivity contribution < 1.29 is 0 Å². The van der Waals surface area contributed by atoms with Gasteiger partial charge in [-0.05, 0) is 11.6 Å². The van der Waals surface area contributed by atoms with Crippen LogP contribution in [0.2, 0.25) is 13.1 Å². The normalized spacial score (nSPS) is 11.9. The molecule has 0 spiro atoms. The fourth-order valence-corrected chi connectivity index (χ4v) is 4.12. The van der Waals surface area contributed by atoms with E-state index in [4.69, 9.17) is 0 Å². The molecule has 0 aromatic heterocycles. The third-order valence-corrected chi connectivity index (χ3v) is 5.42. The number of rotatable bonds is 4. The lowest BCUT2D eigenvalue weighted by atomic mass is 10.2. The molecule has 2 aromatic carbocycles. The largest absolute Gasteiger partial charge is 0.0938 e. The molecule has 18 heavy (non-hydrogen) atoms. The summed E-state index contributed by atoms with van der Waals surface area (Å²) in [7, 11) is -1.31. The van der Waals surface area contributed by atoms with Gasteiger partial charge < -0.3 is 0 Å². The Hall–Kier alpha value is -1.60. The van der Waals surface area contributed by atoms with Crippen LogP contribution < -0.4 is 0 Å². The molecule has 0 fully saturated rings. The SMILES string of the molecule is C[Si](C)(/C=C/c1ccccc1)Cc1ccccc1. The molecule has 1 heteroatoms. The first kappa shape index (κ1) is 12.8. The van der Waals surface area contributed by atoms with Crippen LogP contribution in [0.4, 0.5) is 0 Å². The zero-order valence-corrected chi connectivity index (χ0v) is 12.1. The van der Waals surface area contributed by atoms with Crippen molar-refractivity contribution in [1.82, 2.24) is 0 Å². The van der Waals surface area contributed by atoms with Gasteiger partial charge in [0, 0.05) is 0 Å². The second kappa shape index (κ2) is 5.83. The maximum atomic E-state index is 2.44. The zero-order chi connectivity index (χ0) is 12.8. The fourth-order valence-electron chi connectivity index (χ4n) is 2.07. The standard InChI is InChI=1S/C17H20Si/c1-18(2,15-17-11-7-4-8-12-17)14-13-16-9-5-3-6-10-16/h3-14H,15H2,1-2H3/b14-13+. The van der Waals surface area contributed by atoms with Crippen LogP contribution in [0.1, 0.15) is 11.1 Å². The molecule has 2 aromatic rings. The molecule has 0 nitrogen and oxygen atoms in total. The average molecular weight is 252 g/mol. The zero-order valence-electron chi connectivity index (χ0n) is 11.1. The average Bonchev–Trinajstić information content (AvgIpc) is 2.38. The van der Waals surface area contributed by atoms with Gasteiger partial charge in [0.1, 0.15) is 0 Å². The molecule has 0 saturated carbocycles. The Balaban J connectivity index is 2.06. The molecule has 0 radical (unpaired) electrons. The Morgan fingerprint density at radius 1 is 0.833 bits per heavy atom. The summed E-state index contributed by atoms with van der Waals surface area (Å²) in [6.07, 6.45) is 2.27. The predicted molar refractivity (Wildman–Crippen MR) is 83.1 cm³/mol. The summed E-state index contributed by atoms with van der Waals surface area (Å²) in [5.74, 6) is 0. The summed E-state index contributed by atoms with van der Waals surface area (Å²) >= 11 is 0. The highest BCUT2D eigenvalue weighted by Crippen LogP contribution is 2.15. The summed E-state index contributed by atoms with van der Waals surface area (Å²) in [6.45, 7) is 4.83. The van der Waals surface area contributed by atoms with Crippen molar-refractivity contribution in [3.8, 4) is 0 Å². The van der Waals surface area contributed by atoms with Gasteiger partial charge in [0.15, 0.2) is 0 Å². The number of hydrogen-bond acceptors (Lipinski definition) is 0. The first-order valence-corrected chi connectivity index (χ1v) is 9.72. The van der Waals surface area contributed by atoms with Gasteiger partial charge in [0.25, 0.3) is 0 Å². The van der Waals surface area contributed by atoms with E-state index in [2.05, 4.69) is 85.5 Å². The van der Waals surface area contributed by atoms with Crippen LogP contribution in [0.15, 0.2) is 66.4 Å². The van der Waals surface area contributed by atoms with Crippen molar-refractivity contribution in [2.75, 3.05) is 0 Å². The van der Waals surface area contributed by atoms with Crippen LogP contribution in [0.3, 0.4) is 0 Å². The Kier molecular flexibility index (Phi) is 4.16. The molecule has 0 amide bonds. The highest BCUT2D eigenvalue weighted by Gasteiger charge is 2.16. The highest BCUT2D eigenvalue weighted by atomic mass is 28.3. The van der Waals surface area contributed by atoms with Gasteiger partial charge in [0.2, 0.25) is 0 Å². The summed E-state index contributed by atoms with van der Waals surface area (Å²) < 4.78 is 0. The Morgan fingerprint density at radius 3 is 2.00 bits per heavy atom. The lowest BCUT2D eigenvalue weighted by Crippen LogP contribution is -2.26. The van der Waals surface area contributed by atoms with Crippen LogP contribution in [-0.4, -0.2) is 8.07 Å². The second-order valence-electron chi connectivity index (χ2n) is 5.39. The minimum atomic E-state index is -1.31. The number of hydrogen-bond donors (Lipinski definition) is 0. The third-order valence-electron chi connectivity index (χ3n) is 3.03. The maximum absolute atomic E-state index is 2.44. The van der Waals surface area contributed by atoms with E-state index in [-0.39, 0.29) is 0 Å². The molecule has 0 aliphatic rings. The van der Waals surface area contributed by atoms with Crippen molar-refractivity contribution in [3.63, 3.8) is 0 Å². The topological polar surface area (TPSA) is 0 Å². The smallest absolute Gasteiger partial charge is 0.0760 e. The molecule has 0 aliphatic heterocycles. The summed E-state index contributed by atoms with van der Waals surface area (Å²) in [5, 5.41) is 0. The van der Waals surface area contributed by atoms with Gasteiger partial charge in [-0.1, -0.05) is 91.1 Å². The first-order chi connectivity index (χ1) is 8.66. The molecule has 0 atom stereocenters. The van der Waals surface area contributed by atoms with E-state index >= 15 is 0 Å². The lowest BCUT2D eigenvalue weighted by molar-refractivity contribution is 1.33. The van der Waals surface area contributed by atoms with E-state index in [0.29, 0.717) is 0 Å². The van der Waals surface area contributed by atoms with E-state index in [1.165, 1.54) is 17.2 Å². The highest BCUT2D eigenvalue weighted by molar-refractivity contribution is 6.82. The molecule has 0 N–H and O–H groups in total. The Morgan fingerprint density at radius 2 is 1.39 bits per heavy atom. The number of benzene rings is 2. The fraction of sp³-hybridized carbons (Fsp3) is 0.176. The summed E-state index contributed by atoms with van der Waals surface area (Å²) in [5.41, 5.74) is 5.19.